The van der Waals surface area contributed by atoms with Crippen LogP contribution in [-0.4, -0.2) is 31.4 Å². The van der Waals surface area contributed by atoms with Crippen molar-refractivity contribution in [1.82, 2.24) is 15.0 Å². The van der Waals surface area contributed by atoms with Crippen LogP contribution in [0.25, 0.3) is 11.0 Å². The van der Waals surface area contributed by atoms with Crippen molar-refractivity contribution >= 4 is 34.4 Å². The molecule has 1 aliphatic rings. The summed E-state index contributed by atoms with van der Waals surface area (Å²) >= 11 is 6.21. The number of benzene rings is 2. The van der Waals surface area contributed by atoms with E-state index in [1.807, 2.05) is 31.2 Å². The van der Waals surface area contributed by atoms with Crippen molar-refractivity contribution in [2.75, 3.05) is 5.43 Å². The smallest absolute Gasteiger partial charge is 0.262 e. The van der Waals surface area contributed by atoms with E-state index >= 15 is 0 Å². The molecule has 1 saturated heterocycles. The zero-order valence-corrected chi connectivity index (χ0v) is 14.1. The van der Waals surface area contributed by atoms with Crippen molar-refractivity contribution in [2.45, 2.75) is 18.3 Å². The number of nitrogens with zero attached hydrogens (tertiary/aromatic N) is 3. The van der Waals surface area contributed by atoms with Gasteiger partial charge in [0.15, 0.2) is 5.82 Å². The van der Waals surface area contributed by atoms with Gasteiger partial charge in [0.2, 0.25) is 0 Å². The number of hydrogen-bond donors (Lipinski definition) is 2. The van der Waals surface area contributed by atoms with Gasteiger partial charge in [-0.15, -0.1) is 11.6 Å². The molecule has 1 aromatic heterocycles. The molecule has 0 bridgehead atoms. The summed E-state index contributed by atoms with van der Waals surface area (Å²) in [5.74, 6) is 0.449. The topological polar surface area (TPSA) is 78.4 Å². The first-order chi connectivity index (χ1) is 12.0. The Morgan fingerprint density at radius 2 is 1.72 bits per heavy atom. The van der Waals surface area contributed by atoms with Crippen molar-refractivity contribution in [3.05, 3.63) is 59.8 Å². The van der Waals surface area contributed by atoms with Gasteiger partial charge in [0.05, 0.1) is 16.7 Å². The summed E-state index contributed by atoms with van der Waals surface area (Å²) in [6.45, 7) is 1.83. The quantitative estimate of drug-likeness (QED) is 0.558. The van der Waals surface area contributed by atoms with E-state index in [1.165, 1.54) is 5.01 Å². The summed E-state index contributed by atoms with van der Waals surface area (Å²) in [6, 6.07) is 13.8. The van der Waals surface area contributed by atoms with E-state index in [1.54, 1.807) is 24.3 Å². The lowest BCUT2D eigenvalue weighted by Gasteiger charge is -2.44. The molecular formula is C18H15ClN4O2. The highest BCUT2D eigenvalue weighted by atomic mass is 35.5. The number of fused-ring (bicyclic) bond motifs is 1. The highest BCUT2D eigenvalue weighted by Crippen LogP contribution is 2.39. The van der Waals surface area contributed by atoms with Crippen molar-refractivity contribution in [3.63, 3.8) is 0 Å². The summed E-state index contributed by atoms with van der Waals surface area (Å²) in [7, 11) is 0. The number of para-hydroxylation sites is 2. The molecule has 0 spiro atoms. The molecule has 1 aliphatic heterocycles. The molecule has 3 aromatic rings. The van der Waals surface area contributed by atoms with Crippen LogP contribution in [0.2, 0.25) is 0 Å². The molecule has 1 amide bonds. The summed E-state index contributed by atoms with van der Waals surface area (Å²) in [6.07, 6.45) is 0. The molecule has 0 aliphatic carbocycles. The lowest BCUT2D eigenvalue weighted by molar-refractivity contribution is -0.143. The Morgan fingerprint density at radius 1 is 1.08 bits per heavy atom. The van der Waals surface area contributed by atoms with Crippen molar-refractivity contribution in [3.8, 4) is 5.75 Å². The Labute approximate surface area is 149 Å². The van der Waals surface area contributed by atoms with Crippen LogP contribution >= 0.6 is 11.6 Å². The van der Waals surface area contributed by atoms with Crippen LogP contribution < -0.4 is 5.43 Å². The maximum absolute atomic E-state index is 12.2. The van der Waals surface area contributed by atoms with E-state index in [0.29, 0.717) is 11.5 Å². The maximum atomic E-state index is 12.2. The fraction of sp³-hybridized carbons (Fsp3) is 0.167. The molecule has 7 heteroatoms. The molecule has 6 nitrogen and oxygen atoms in total. The van der Waals surface area contributed by atoms with Gasteiger partial charge in [-0.25, -0.2) is 15.0 Å². The normalized spacial score (nSPS) is 19.8. The fourth-order valence-corrected chi connectivity index (χ4v) is 3.24. The monoisotopic (exact) mass is 354 g/mol. The summed E-state index contributed by atoms with van der Waals surface area (Å²) in [5, 5.41) is 10.2. The van der Waals surface area contributed by atoms with Crippen LogP contribution in [0.5, 0.6) is 5.75 Å². The zero-order valence-electron chi connectivity index (χ0n) is 13.3. The molecule has 2 atom stereocenters. The first kappa shape index (κ1) is 15.7. The van der Waals surface area contributed by atoms with Crippen molar-refractivity contribution in [1.29, 1.82) is 0 Å². The van der Waals surface area contributed by atoms with Gasteiger partial charge in [-0.3, -0.25) is 10.2 Å². The highest BCUT2D eigenvalue weighted by Gasteiger charge is 2.48. The van der Waals surface area contributed by atoms with Gasteiger partial charge in [-0.05, 0) is 36.8 Å². The van der Waals surface area contributed by atoms with E-state index in [9.17, 15) is 9.90 Å². The summed E-state index contributed by atoms with van der Waals surface area (Å²) < 4.78 is 0. The molecular weight excluding hydrogens is 340 g/mol. The van der Waals surface area contributed by atoms with Crippen LogP contribution in [0.15, 0.2) is 48.5 Å². The van der Waals surface area contributed by atoms with E-state index < -0.39 is 5.38 Å². The number of hydrogen-bond acceptors (Lipinski definition) is 5. The van der Waals surface area contributed by atoms with Crippen LogP contribution in [0.3, 0.4) is 0 Å². The van der Waals surface area contributed by atoms with E-state index in [-0.39, 0.29) is 17.7 Å². The number of phenols is 1. The zero-order chi connectivity index (χ0) is 17.6. The van der Waals surface area contributed by atoms with Gasteiger partial charge in [0.25, 0.3) is 5.91 Å². The Morgan fingerprint density at radius 3 is 2.40 bits per heavy atom. The number of aromatic nitrogens is 2. The number of phenolic OH excluding ortho intramolecular Hbond substituents is 1. The molecule has 1 fully saturated rings. The second-order valence-electron chi connectivity index (χ2n) is 5.90. The number of alkyl halides is 1. The van der Waals surface area contributed by atoms with Gasteiger partial charge < -0.3 is 5.11 Å². The number of amides is 1. The first-order valence-corrected chi connectivity index (χ1v) is 8.24. The van der Waals surface area contributed by atoms with Crippen molar-refractivity contribution < 1.29 is 9.90 Å². The number of nitrogens with one attached hydrogen (secondary N) is 1. The number of anilines is 1. The lowest BCUT2D eigenvalue weighted by Crippen LogP contribution is -2.58. The minimum atomic E-state index is -0.661. The van der Waals surface area contributed by atoms with E-state index in [0.717, 1.165) is 16.6 Å². The Kier molecular flexibility index (Phi) is 3.69. The number of rotatable bonds is 3. The first-order valence-electron chi connectivity index (χ1n) is 7.81. The molecule has 2 N–H and O–H groups in total. The van der Waals surface area contributed by atoms with Crippen LogP contribution in [-0.2, 0) is 4.79 Å². The molecule has 2 unspecified atom stereocenters. The Hall–Kier alpha value is -2.86. The predicted octanol–water partition coefficient (Wildman–Crippen LogP) is 3.16. The average molecular weight is 355 g/mol. The van der Waals surface area contributed by atoms with Gasteiger partial charge in [0, 0.05) is 0 Å². The highest BCUT2D eigenvalue weighted by molar-refractivity contribution is 6.33. The van der Waals surface area contributed by atoms with Gasteiger partial charge in [-0.2, -0.15) is 0 Å². The molecule has 2 heterocycles. The third kappa shape index (κ3) is 2.64. The number of carbonyl (C=O) groups excluding carboxylic acids is 1. The minimum Gasteiger partial charge on any atom is -0.508 e. The second-order valence-corrected chi connectivity index (χ2v) is 6.37. The van der Waals surface area contributed by atoms with Gasteiger partial charge in [0.1, 0.15) is 17.2 Å². The summed E-state index contributed by atoms with van der Waals surface area (Å²) in [5.41, 5.74) is 6.10. The number of aryl methyl sites for hydroxylation is 1. The van der Waals surface area contributed by atoms with Gasteiger partial charge >= 0.3 is 0 Å². The van der Waals surface area contributed by atoms with Crippen LogP contribution in [0.1, 0.15) is 17.3 Å². The number of hydrazine groups is 1. The molecule has 2 aromatic carbocycles. The molecule has 25 heavy (non-hydrogen) atoms. The Bertz CT molecular complexity index is 961. The largest absolute Gasteiger partial charge is 0.508 e. The SMILES string of the molecule is Cc1nc2ccccc2nc1NN1C(=O)C(Cl)C1c1ccc(O)cc1. The maximum Gasteiger partial charge on any atom is 0.262 e. The number of carbonyl (C=O) groups is 1. The van der Waals surface area contributed by atoms with Gasteiger partial charge in [-0.1, -0.05) is 24.3 Å². The predicted molar refractivity (Wildman–Crippen MR) is 95.2 cm³/mol. The van der Waals surface area contributed by atoms with Crippen molar-refractivity contribution in [2.24, 2.45) is 0 Å². The lowest BCUT2D eigenvalue weighted by atomic mass is 9.95. The van der Waals surface area contributed by atoms with E-state index in [4.69, 9.17) is 11.6 Å². The van der Waals surface area contributed by atoms with E-state index in [2.05, 4.69) is 15.4 Å². The molecule has 0 radical (unpaired) electrons. The molecule has 126 valence electrons. The third-order valence-electron chi connectivity index (χ3n) is 4.23. The Balaban J connectivity index is 1.66. The standard InChI is InChI=1S/C18H15ClN4O2/c1-10-17(21-14-5-3-2-4-13(14)20-10)22-23-16(15(19)18(23)25)11-6-8-12(24)9-7-11/h2-9,15-16,24H,1H3,(H,21,22). The molecule has 4 rings (SSSR count). The second kappa shape index (κ2) is 5.89. The number of β-lactam (4-membered cyclic amide) rings is 1. The fourth-order valence-electron chi connectivity index (χ4n) is 2.88. The number of halogens is 1. The molecule has 0 saturated carbocycles. The third-order valence-corrected chi connectivity index (χ3v) is 4.66. The summed E-state index contributed by atoms with van der Waals surface area (Å²) in [4.78, 5) is 21.3. The van der Waals surface area contributed by atoms with Crippen LogP contribution in [0, 0.1) is 6.92 Å². The number of aromatic hydroxyl groups is 1. The van der Waals surface area contributed by atoms with Crippen LogP contribution in [0.4, 0.5) is 5.82 Å². The average Bonchev–Trinajstić information content (AvgIpc) is 2.62. The minimum absolute atomic E-state index is 0.163.